The fourth-order valence-electron chi connectivity index (χ4n) is 2.83. The van der Waals surface area contributed by atoms with Crippen molar-refractivity contribution in [1.82, 2.24) is 15.2 Å². The number of hydrogen-bond donors (Lipinski definition) is 2. The highest BCUT2D eigenvalue weighted by molar-refractivity contribution is 5.92. The van der Waals surface area contributed by atoms with Crippen LogP contribution in [0.5, 0.6) is 0 Å². The minimum Gasteiger partial charge on any atom is -0.355 e. The minimum absolute atomic E-state index is 0.0135. The van der Waals surface area contributed by atoms with Crippen LogP contribution in [-0.2, 0) is 9.59 Å². The summed E-state index contributed by atoms with van der Waals surface area (Å²) in [6, 6.07) is 5.57. The first-order chi connectivity index (χ1) is 11.4. The van der Waals surface area contributed by atoms with Crippen LogP contribution in [0.3, 0.4) is 0 Å². The number of carbonyl (C=O) groups is 2. The summed E-state index contributed by atoms with van der Waals surface area (Å²) in [5.41, 5.74) is 0.875. The molecule has 24 heavy (non-hydrogen) atoms. The lowest BCUT2D eigenvalue weighted by molar-refractivity contribution is -0.125. The molecule has 132 valence electrons. The number of piperidine rings is 1. The number of nitrogens with zero attached hydrogens (tertiary/aromatic N) is 2. The van der Waals surface area contributed by atoms with Gasteiger partial charge in [0.1, 0.15) is 5.82 Å². The molecule has 1 atom stereocenters. The van der Waals surface area contributed by atoms with Crippen molar-refractivity contribution in [3.05, 3.63) is 23.9 Å². The number of hydrogen-bond acceptors (Lipinski definition) is 4. The van der Waals surface area contributed by atoms with Crippen LogP contribution in [0.1, 0.15) is 32.4 Å². The second kappa shape index (κ2) is 8.78. The Hall–Kier alpha value is -1.95. The molecule has 6 heteroatoms. The number of likely N-dealkylation sites (tertiary alicyclic amines) is 1. The third kappa shape index (κ3) is 5.92. The Morgan fingerprint density at radius 3 is 2.88 bits per heavy atom. The van der Waals surface area contributed by atoms with Crippen LogP contribution in [0.2, 0.25) is 0 Å². The van der Waals surface area contributed by atoms with E-state index >= 15 is 0 Å². The van der Waals surface area contributed by atoms with Crippen molar-refractivity contribution in [3.8, 4) is 0 Å². The fourth-order valence-corrected chi connectivity index (χ4v) is 2.83. The van der Waals surface area contributed by atoms with Crippen molar-refractivity contribution in [2.24, 2.45) is 11.8 Å². The topological polar surface area (TPSA) is 74.3 Å². The van der Waals surface area contributed by atoms with E-state index in [0.717, 1.165) is 25.1 Å². The Balaban J connectivity index is 1.83. The van der Waals surface area contributed by atoms with Crippen LogP contribution >= 0.6 is 0 Å². The quantitative estimate of drug-likeness (QED) is 0.833. The van der Waals surface area contributed by atoms with Crippen LogP contribution in [0, 0.1) is 18.8 Å². The summed E-state index contributed by atoms with van der Waals surface area (Å²) in [6.45, 7) is 8.57. The maximum absolute atomic E-state index is 12.4. The van der Waals surface area contributed by atoms with Gasteiger partial charge in [-0.3, -0.25) is 14.5 Å². The lowest BCUT2D eigenvalue weighted by Crippen LogP contribution is -2.45. The van der Waals surface area contributed by atoms with E-state index in [1.165, 1.54) is 0 Å². The lowest BCUT2D eigenvalue weighted by Gasteiger charge is -2.31. The van der Waals surface area contributed by atoms with Gasteiger partial charge in [0.15, 0.2) is 0 Å². The molecule has 0 aliphatic carbocycles. The number of aryl methyl sites for hydroxylation is 1. The van der Waals surface area contributed by atoms with E-state index in [-0.39, 0.29) is 17.7 Å². The summed E-state index contributed by atoms with van der Waals surface area (Å²) in [6.07, 6.45) is 1.78. The lowest BCUT2D eigenvalue weighted by atomic mass is 9.97. The van der Waals surface area contributed by atoms with Gasteiger partial charge in [-0.05, 0) is 44.4 Å². The summed E-state index contributed by atoms with van der Waals surface area (Å²) in [5.74, 6) is 0.951. The zero-order chi connectivity index (χ0) is 17.5. The first-order valence-electron chi connectivity index (χ1n) is 8.67. The van der Waals surface area contributed by atoms with Gasteiger partial charge < -0.3 is 10.6 Å². The number of rotatable bonds is 6. The van der Waals surface area contributed by atoms with E-state index in [2.05, 4.69) is 34.4 Å². The number of amides is 2. The van der Waals surface area contributed by atoms with Crippen molar-refractivity contribution in [2.45, 2.75) is 33.6 Å². The molecule has 0 aromatic carbocycles. The highest BCUT2D eigenvalue weighted by atomic mass is 16.2. The molecule has 1 aromatic rings. The Labute approximate surface area is 144 Å². The van der Waals surface area contributed by atoms with Crippen LogP contribution in [0.25, 0.3) is 0 Å². The zero-order valence-corrected chi connectivity index (χ0v) is 14.8. The van der Waals surface area contributed by atoms with E-state index in [4.69, 9.17) is 0 Å². The van der Waals surface area contributed by atoms with Gasteiger partial charge >= 0.3 is 0 Å². The van der Waals surface area contributed by atoms with Crippen LogP contribution in [0.4, 0.5) is 5.82 Å². The van der Waals surface area contributed by atoms with Gasteiger partial charge in [0, 0.05) is 18.8 Å². The van der Waals surface area contributed by atoms with Gasteiger partial charge in [-0.25, -0.2) is 4.98 Å². The Morgan fingerprint density at radius 2 is 2.17 bits per heavy atom. The highest BCUT2D eigenvalue weighted by Crippen LogP contribution is 2.18. The SMILES string of the molecule is Cc1cccc(NC(=O)C2CCCN(CC(=O)NCC(C)C)C2)n1. The number of pyridine rings is 1. The van der Waals surface area contributed by atoms with E-state index in [1.54, 1.807) is 6.07 Å². The average Bonchev–Trinajstić information content (AvgIpc) is 2.53. The van der Waals surface area contributed by atoms with Gasteiger partial charge in [0.2, 0.25) is 11.8 Å². The highest BCUT2D eigenvalue weighted by Gasteiger charge is 2.27. The third-order valence-corrected chi connectivity index (χ3v) is 4.09. The van der Waals surface area contributed by atoms with Crippen molar-refractivity contribution in [1.29, 1.82) is 0 Å². The van der Waals surface area contributed by atoms with Gasteiger partial charge in [-0.15, -0.1) is 0 Å². The zero-order valence-electron chi connectivity index (χ0n) is 14.8. The maximum Gasteiger partial charge on any atom is 0.234 e. The van der Waals surface area contributed by atoms with Crippen molar-refractivity contribution in [3.63, 3.8) is 0 Å². The van der Waals surface area contributed by atoms with Crippen molar-refractivity contribution >= 4 is 17.6 Å². The molecular formula is C18H28N4O2. The van der Waals surface area contributed by atoms with E-state index in [1.807, 2.05) is 19.1 Å². The first kappa shape index (κ1) is 18.4. The predicted molar refractivity (Wildman–Crippen MR) is 94.6 cm³/mol. The smallest absolute Gasteiger partial charge is 0.234 e. The molecule has 6 nitrogen and oxygen atoms in total. The number of carbonyl (C=O) groups excluding carboxylic acids is 2. The van der Waals surface area contributed by atoms with E-state index in [0.29, 0.717) is 31.4 Å². The molecule has 1 saturated heterocycles. The minimum atomic E-state index is -0.0982. The molecule has 0 spiro atoms. The molecule has 1 unspecified atom stereocenters. The normalized spacial score (nSPS) is 18.4. The van der Waals surface area contributed by atoms with Crippen LogP contribution < -0.4 is 10.6 Å². The Kier molecular flexibility index (Phi) is 6.73. The number of nitrogens with one attached hydrogen (secondary N) is 2. The van der Waals surface area contributed by atoms with E-state index in [9.17, 15) is 9.59 Å². The molecule has 2 N–H and O–H groups in total. The summed E-state index contributed by atoms with van der Waals surface area (Å²) < 4.78 is 0. The molecule has 1 aliphatic heterocycles. The van der Waals surface area contributed by atoms with Gasteiger partial charge in [0.25, 0.3) is 0 Å². The molecule has 2 amide bonds. The monoisotopic (exact) mass is 332 g/mol. The number of anilines is 1. The molecule has 1 aliphatic rings. The molecule has 0 saturated carbocycles. The summed E-state index contributed by atoms with van der Waals surface area (Å²) in [5, 5.41) is 5.82. The van der Waals surface area contributed by atoms with Gasteiger partial charge in [-0.2, -0.15) is 0 Å². The predicted octanol–water partition coefficient (Wildman–Crippen LogP) is 1.81. The molecule has 1 aromatic heterocycles. The summed E-state index contributed by atoms with van der Waals surface area (Å²) >= 11 is 0. The second-order valence-electron chi connectivity index (χ2n) is 6.93. The van der Waals surface area contributed by atoms with Crippen molar-refractivity contribution in [2.75, 3.05) is 31.5 Å². The molecule has 2 rings (SSSR count). The van der Waals surface area contributed by atoms with E-state index < -0.39 is 0 Å². The standard InChI is InChI=1S/C18H28N4O2/c1-13(2)10-19-17(23)12-22-9-5-7-15(11-22)18(24)21-16-8-4-6-14(3)20-16/h4,6,8,13,15H,5,7,9-12H2,1-3H3,(H,19,23)(H,20,21,24). The molecule has 1 fully saturated rings. The van der Waals surface area contributed by atoms with Gasteiger partial charge in [-0.1, -0.05) is 19.9 Å². The first-order valence-corrected chi connectivity index (χ1v) is 8.67. The van der Waals surface area contributed by atoms with Crippen LogP contribution in [0.15, 0.2) is 18.2 Å². The second-order valence-corrected chi connectivity index (χ2v) is 6.93. The number of aromatic nitrogens is 1. The summed E-state index contributed by atoms with van der Waals surface area (Å²) in [7, 11) is 0. The van der Waals surface area contributed by atoms with Crippen molar-refractivity contribution < 1.29 is 9.59 Å². The average molecular weight is 332 g/mol. The third-order valence-electron chi connectivity index (χ3n) is 4.09. The summed E-state index contributed by atoms with van der Waals surface area (Å²) in [4.78, 5) is 30.8. The van der Waals surface area contributed by atoms with Gasteiger partial charge in [0.05, 0.1) is 12.5 Å². The molecule has 2 heterocycles. The maximum atomic E-state index is 12.4. The molecule has 0 bridgehead atoms. The fraction of sp³-hybridized carbons (Fsp3) is 0.611. The Bertz CT molecular complexity index is 574. The molecular weight excluding hydrogens is 304 g/mol. The Morgan fingerprint density at radius 1 is 1.38 bits per heavy atom. The largest absolute Gasteiger partial charge is 0.355 e. The van der Waals surface area contributed by atoms with Crippen LogP contribution in [-0.4, -0.2) is 47.9 Å². The molecule has 0 radical (unpaired) electrons.